The first-order valence-corrected chi connectivity index (χ1v) is 8.15. The van der Waals surface area contributed by atoms with Gasteiger partial charge in [-0.2, -0.15) is 9.50 Å². The van der Waals surface area contributed by atoms with Gasteiger partial charge in [-0.3, -0.25) is 0 Å². The van der Waals surface area contributed by atoms with E-state index in [1.54, 1.807) is 15.9 Å². The summed E-state index contributed by atoms with van der Waals surface area (Å²) in [4.78, 5) is 9.29. The smallest absolute Gasteiger partial charge is 0.276 e. The number of aliphatic hydroxyl groups is 1. The highest BCUT2D eigenvalue weighted by molar-refractivity contribution is 7.19. The van der Waals surface area contributed by atoms with Gasteiger partial charge in [0.1, 0.15) is 10.6 Å². The second-order valence-electron chi connectivity index (χ2n) is 5.53. The Kier molecular flexibility index (Phi) is 3.40. The summed E-state index contributed by atoms with van der Waals surface area (Å²) in [6, 6.07) is 0. The van der Waals surface area contributed by atoms with Gasteiger partial charge in [0.15, 0.2) is 0 Å². The predicted octanol–water partition coefficient (Wildman–Crippen LogP) is 0.516. The minimum atomic E-state index is 0.164. The van der Waals surface area contributed by atoms with Crippen molar-refractivity contribution in [2.75, 3.05) is 32.1 Å². The molecule has 0 aromatic carbocycles. The van der Waals surface area contributed by atoms with Crippen molar-refractivity contribution in [3.8, 4) is 0 Å². The Balaban J connectivity index is 1.91. The molecule has 22 heavy (non-hydrogen) atoms. The van der Waals surface area contributed by atoms with Gasteiger partial charge >= 0.3 is 0 Å². The fourth-order valence-electron chi connectivity index (χ4n) is 2.86. The molecule has 0 saturated heterocycles. The van der Waals surface area contributed by atoms with Crippen LogP contribution in [0.25, 0.3) is 16.0 Å². The molecule has 9 heteroatoms. The fourth-order valence-corrected chi connectivity index (χ4v) is 4.24. The molecule has 3 aromatic rings. The number of thiophene rings is 1. The molecule has 0 fully saturated rings. The first-order chi connectivity index (χ1) is 10.8. The largest absolute Gasteiger partial charge is 0.396 e. The Hall–Kier alpha value is -1.84. The quantitative estimate of drug-likeness (QED) is 0.677. The first kappa shape index (κ1) is 13.8. The van der Waals surface area contributed by atoms with Gasteiger partial charge in [0.2, 0.25) is 0 Å². The second-order valence-corrected chi connectivity index (χ2v) is 6.61. The van der Waals surface area contributed by atoms with Crippen molar-refractivity contribution in [1.82, 2.24) is 29.9 Å². The molecule has 0 amide bonds. The second kappa shape index (κ2) is 5.41. The number of fused-ring (bicyclic) bond motifs is 5. The molecule has 0 saturated carbocycles. The molecular formula is C13H17N7OS. The molecule has 4 rings (SSSR count). The number of anilines is 1. The number of nitrogens with one attached hydrogen (secondary N) is 1. The van der Waals surface area contributed by atoms with E-state index in [0.717, 1.165) is 35.5 Å². The molecule has 2 N–H and O–H groups in total. The minimum absolute atomic E-state index is 0.164. The molecule has 0 bridgehead atoms. The topological polar surface area (TPSA) is 91.5 Å². The van der Waals surface area contributed by atoms with E-state index in [4.69, 9.17) is 5.11 Å². The summed E-state index contributed by atoms with van der Waals surface area (Å²) in [5.41, 5.74) is 1.36. The highest BCUT2D eigenvalue weighted by Crippen LogP contribution is 2.38. The van der Waals surface area contributed by atoms with Crippen LogP contribution in [0.5, 0.6) is 0 Å². The van der Waals surface area contributed by atoms with Crippen LogP contribution in [-0.4, -0.2) is 61.8 Å². The zero-order valence-electron chi connectivity index (χ0n) is 12.3. The normalized spacial score (nSPS) is 15.5. The minimum Gasteiger partial charge on any atom is -0.396 e. The number of tetrazole rings is 1. The molecular weight excluding hydrogens is 302 g/mol. The van der Waals surface area contributed by atoms with E-state index in [1.807, 2.05) is 0 Å². The lowest BCUT2D eigenvalue weighted by molar-refractivity contribution is 0.292. The Morgan fingerprint density at radius 1 is 1.41 bits per heavy atom. The molecule has 0 aliphatic carbocycles. The van der Waals surface area contributed by atoms with Crippen LogP contribution in [0.15, 0.2) is 0 Å². The maximum absolute atomic E-state index is 8.98. The first-order valence-electron chi connectivity index (χ1n) is 7.33. The van der Waals surface area contributed by atoms with Gasteiger partial charge < -0.3 is 15.3 Å². The zero-order chi connectivity index (χ0) is 15.1. The molecule has 0 spiro atoms. The van der Waals surface area contributed by atoms with Gasteiger partial charge in [-0.15, -0.1) is 11.3 Å². The number of aliphatic hydroxyl groups excluding tert-OH is 1. The standard InChI is InChI=1S/C13H17N7OS/c1-19-5-3-8-9(7-19)22-12-10(8)11(14-4-2-6-21)15-13-16-17-18-20(12)13/h21H,2-7H2,1H3,(H,14,15,16,18). The van der Waals surface area contributed by atoms with Crippen molar-refractivity contribution in [3.63, 3.8) is 0 Å². The lowest BCUT2D eigenvalue weighted by Gasteiger charge is -2.22. The number of hydrogen-bond acceptors (Lipinski definition) is 8. The van der Waals surface area contributed by atoms with Crippen molar-refractivity contribution in [1.29, 1.82) is 0 Å². The molecule has 1 aliphatic heterocycles. The Morgan fingerprint density at radius 3 is 3.18 bits per heavy atom. The third-order valence-electron chi connectivity index (χ3n) is 3.95. The van der Waals surface area contributed by atoms with Gasteiger partial charge in [0.05, 0.1) is 5.39 Å². The van der Waals surface area contributed by atoms with E-state index in [-0.39, 0.29) is 6.61 Å². The van der Waals surface area contributed by atoms with Crippen LogP contribution in [0.1, 0.15) is 16.9 Å². The lowest BCUT2D eigenvalue weighted by Crippen LogP contribution is -2.25. The Bertz CT molecular complexity index is 827. The molecule has 116 valence electrons. The molecule has 8 nitrogen and oxygen atoms in total. The molecule has 0 radical (unpaired) electrons. The van der Waals surface area contributed by atoms with E-state index in [1.165, 1.54) is 10.4 Å². The fraction of sp³-hybridized carbons (Fsp3) is 0.538. The molecule has 3 aromatic heterocycles. The van der Waals surface area contributed by atoms with Gasteiger partial charge in [-0.25, -0.2) is 0 Å². The van der Waals surface area contributed by atoms with Crippen LogP contribution in [0.2, 0.25) is 0 Å². The van der Waals surface area contributed by atoms with Gasteiger partial charge in [0, 0.05) is 31.1 Å². The molecule has 4 heterocycles. The predicted molar refractivity (Wildman–Crippen MR) is 84.2 cm³/mol. The lowest BCUT2D eigenvalue weighted by atomic mass is 10.1. The van der Waals surface area contributed by atoms with E-state index in [0.29, 0.717) is 18.7 Å². The third-order valence-corrected chi connectivity index (χ3v) is 5.14. The number of likely N-dealkylation sites (N-methyl/N-ethyl adjacent to an activating group) is 1. The summed E-state index contributed by atoms with van der Waals surface area (Å²) in [5.74, 6) is 1.33. The van der Waals surface area contributed by atoms with Gasteiger partial charge in [-0.05, 0) is 35.9 Å². The summed E-state index contributed by atoms with van der Waals surface area (Å²) < 4.78 is 1.72. The highest BCUT2D eigenvalue weighted by Gasteiger charge is 2.24. The van der Waals surface area contributed by atoms with Crippen molar-refractivity contribution in [3.05, 3.63) is 10.4 Å². The van der Waals surface area contributed by atoms with Gasteiger partial charge in [0.25, 0.3) is 5.78 Å². The molecule has 1 aliphatic rings. The summed E-state index contributed by atoms with van der Waals surface area (Å²) in [5, 5.41) is 25.2. The molecule has 0 atom stereocenters. The van der Waals surface area contributed by atoms with Crippen molar-refractivity contribution >= 4 is 33.1 Å². The Labute approximate surface area is 130 Å². The average molecular weight is 319 g/mol. The summed E-state index contributed by atoms with van der Waals surface area (Å²) >= 11 is 1.74. The van der Waals surface area contributed by atoms with Crippen molar-refractivity contribution in [2.24, 2.45) is 0 Å². The van der Waals surface area contributed by atoms with Crippen LogP contribution in [0.3, 0.4) is 0 Å². The highest BCUT2D eigenvalue weighted by atomic mass is 32.1. The van der Waals surface area contributed by atoms with Crippen LogP contribution in [-0.2, 0) is 13.0 Å². The van der Waals surface area contributed by atoms with Crippen molar-refractivity contribution in [2.45, 2.75) is 19.4 Å². The number of aromatic nitrogens is 5. The number of rotatable bonds is 4. The Morgan fingerprint density at radius 2 is 2.32 bits per heavy atom. The zero-order valence-corrected chi connectivity index (χ0v) is 13.1. The van der Waals surface area contributed by atoms with Gasteiger partial charge in [-0.1, -0.05) is 5.10 Å². The van der Waals surface area contributed by atoms with E-state index in [9.17, 15) is 0 Å². The van der Waals surface area contributed by atoms with E-state index >= 15 is 0 Å². The van der Waals surface area contributed by atoms with Crippen LogP contribution >= 0.6 is 11.3 Å². The monoisotopic (exact) mass is 319 g/mol. The maximum Gasteiger partial charge on any atom is 0.276 e. The average Bonchev–Trinajstić information content (AvgIpc) is 3.10. The van der Waals surface area contributed by atoms with Crippen molar-refractivity contribution < 1.29 is 5.11 Å². The SMILES string of the molecule is CN1CCc2c(sc3c2c(NCCCO)nc2nnnn23)C1. The van der Waals surface area contributed by atoms with Crippen LogP contribution < -0.4 is 5.32 Å². The van der Waals surface area contributed by atoms with E-state index in [2.05, 4.69) is 37.8 Å². The van der Waals surface area contributed by atoms with Crippen LogP contribution in [0, 0.1) is 0 Å². The maximum atomic E-state index is 8.98. The van der Waals surface area contributed by atoms with E-state index < -0.39 is 0 Å². The van der Waals surface area contributed by atoms with Crippen LogP contribution in [0.4, 0.5) is 5.82 Å². The summed E-state index contributed by atoms with van der Waals surface area (Å²) in [6.07, 6.45) is 1.70. The number of nitrogens with zero attached hydrogens (tertiary/aromatic N) is 6. The molecule has 0 unspecified atom stereocenters. The summed E-state index contributed by atoms with van der Waals surface area (Å²) in [6.45, 7) is 2.84. The third kappa shape index (κ3) is 2.13. The number of hydrogen-bond donors (Lipinski definition) is 2. The summed E-state index contributed by atoms with van der Waals surface area (Å²) in [7, 11) is 2.14.